The van der Waals surface area contributed by atoms with Crippen LogP contribution in [0.3, 0.4) is 0 Å². The summed E-state index contributed by atoms with van der Waals surface area (Å²) in [7, 11) is 0. The van der Waals surface area contributed by atoms with Crippen LogP contribution >= 0.6 is 0 Å². The largest absolute Gasteiger partial charge is 1.00 e. The van der Waals surface area contributed by atoms with Crippen LogP contribution in [-0.4, -0.2) is 37.4 Å². The Morgan fingerprint density at radius 1 is 1.62 bits per heavy atom. The van der Waals surface area contributed by atoms with Crippen molar-refractivity contribution in [2.24, 2.45) is 5.92 Å². The summed E-state index contributed by atoms with van der Waals surface area (Å²) in [4.78, 5) is 15.6. The van der Waals surface area contributed by atoms with Crippen LogP contribution in [0, 0.1) is 5.92 Å². The molecule has 5 N–H and O–H groups in total. The van der Waals surface area contributed by atoms with Crippen LogP contribution in [-0.2, 0) is 9.47 Å². The Hall–Kier alpha value is -1.57. The molecule has 0 aliphatic carbocycles. The second kappa shape index (κ2) is 8.66. The maximum Gasteiger partial charge on any atom is 0.411 e. The number of pyridine rings is 1. The molecule has 2 rings (SSSR count). The first-order chi connectivity index (χ1) is 9.69. The number of nitrogens with one attached hydrogen (secondary N) is 1. The van der Waals surface area contributed by atoms with Crippen molar-refractivity contribution in [3.63, 3.8) is 0 Å². The lowest BCUT2D eigenvalue weighted by Crippen LogP contribution is -3.00. The molecule has 1 aromatic rings. The number of rotatable bonds is 5. The van der Waals surface area contributed by atoms with Gasteiger partial charge in [-0.3, -0.25) is 10.6 Å². The minimum atomic E-state index is -0.527. The van der Waals surface area contributed by atoms with Crippen LogP contribution in [0.4, 0.5) is 22.1 Å². The summed E-state index contributed by atoms with van der Waals surface area (Å²) < 4.78 is 10.1. The van der Waals surface area contributed by atoms with Crippen molar-refractivity contribution in [2.45, 2.75) is 13.3 Å². The number of anilines is 2. The Kier molecular flexibility index (Phi) is 7.21. The molecule has 0 aromatic carbocycles. The van der Waals surface area contributed by atoms with Crippen LogP contribution in [0.2, 0.25) is 0 Å². The fourth-order valence-corrected chi connectivity index (χ4v) is 2.04. The lowest BCUT2D eigenvalue weighted by Gasteiger charge is -2.09. The molecule has 7 nitrogen and oxygen atoms in total. The van der Waals surface area contributed by atoms with E-state index in [1.54, 1.807) is 13.0 Å². The SMILES string of the molecule is CCOC(=O)Nc1ccc([NH2+]CC2CCOC2)nc1N.[Cl-]. The third kappa shape index (κ3) is 5.37. The van der Waals surface area contributed by atoms with Gasteiger partial charge < -0.3 is 27.6 Å². The monoisotopic (exact) mass is 316 g/mol. The van der Waals surface area contributed by atoms with Crippen molar-refractivity contribution in [2.75, 3.05) is 37.4 Å². The van der Waals surface area contributed by atoms with Crippen LogP contribution in [0.1, 0.15) is 13.3 Å². The minimum Gasteiger partial charge on any atom is -1.00 e. The highest BCUT2D eigenvalue weighted by Gasteiger charge is 2.18. The van der Waals surface area contributed by atoms with E-state index in [1.807, 2.05) is 11.4 Å². The van der Waals surface area contributed by atoms with E-state index in [4.69, 9.17) is 15.2 Å². The minimum absolute atomic E-state index is 0. The van der Waals surface area contributed by atoms with Gasteiger partial charge in [0.25, 0.3) is 0 Å². The first-order valence-electron chi connectivity index (χ1n) is 6.80. The highest BCUT2D eigenvalue weighted by Crippen LogP contribution is 2.17. The number of carbonyl (C=O) groups excluding carboxylic acids is 1. The van der Waals surface area contributed by atoms with Crippen LogP contribution in [0.5, 0.6) is 0 Å². The van der Waals surface area contributed by atoms with Crippen LogP contribution in [0.25, 0.3) is 0 Å². The number of halogens is 1. The molecule has 1 saturated heterocycles. The maximum absolute atomic E-state index is 11.3. The van der Waals surface area contributed by atoms with Crippen LogP contribution in [0.15, 0.2) is 12.1 Å². The normalized spacial score (nSPS) is 17.1. The maximum atomic E-state index is 11.3. The van der Waals surface area contributed by atoms with E-state index in [-0.39, 0.29) is 18.2 Å². The lowest BCUT2D eigenvalue weighted by atomic mass is 10.1. The topological polar surface area (TPSA) is 103 Å². The smallest absolute Gasteiger partial charge is 0.411 e. The van der Waals surface area contributed by atoms with Gasteiger partial charge in [-0.05, 0) is 19.4 Å². The zero-order valence-corrected chi connectivity index (χ0v) is 12.7. The van der Waals surface area contributed by atoms with Gasteiger partial charge >= 0.3 is 6.09 Å². The average molecular weight is 317 g/mol. The molecule has 0 spiro atoms. The number of nitrogens with zero attached hydrogens (tertiary/aromatic N) is 1. The molecule has 0 radical (unpaired) electrons. The summed E-state index contributed by atoms with van der Waals surface area (Å²) in [5.74, 6) is 1.66. The molecule has 1 aliphatic rings. The second-order valence-corrected chi connectivity index (χ2v) is 4.68. The molecule has 1 amide bonds. The summed E-state index contributed by atoms with van der Waals surface area (Å²) in [5.41, 5.74) is 6.29. The van der Waals surface area contributed by atoms with E-state index in [2.05, 4.69) is 10.3 Å². The molecule has 0 bridgehead atoms. The number of nitrogen functional groups attached to an aromatic ring is 1. The number of amides is 1. The Bertz CT molecular complexity index is 467. The Morgan fingerprint density at radius 3 is 3.05 bits per heavy atom. The second-order valence-electron chi connectivity index (χ2n) is 4.68. The van der Waals surface area contributed by atoms with Gasteiger partial charge in [-0.25, -0.2) is 4.79 Å². The van der Waals surface area contributed by atoms with E-state index >= 15 is 0 Å². The van der Waals surface area contributed by atoms with E-state index in [9.17, 15) is 4.79 Å². The summed E-state index contributed by atoms with van der Waals surface area (Å²) in [6.07, 6.45) is 0.565. The summed E-state index contributed by atoms with van der Waals surface area (Å²) in [5, 5.41) is 4.60. The fourth-order valence-electron chi connectivity index (χ4n) is 2.04. The quantitative estimate of drug-likeness (QED) is 0.556. The van der Waals surface area contributed by atoms with Gasteiger partial charge in [0.15, 0.2) is 5.82 Å². The van der Waals surface area contributed by atoms with Crippen molar-refractivity contribution < 1.29 is 32.0 Å². The van der Waals surface area contributed by atoms with Gasteiger partial charge in [-0.1, -0.05) is 0 Å². The predicted octanol–water partition coefficient (Wildman–Crippen LogP) is -2.53. The van der Waals surface area contributed by atoms with Gasteiger partial charge in [0.05, 0.1) is 25.4 Å². The molecule has 21 heavy (non-hydrogen) atoms. The molecular formula is C13H21ClN4O3. The standard InChI is InChI=1S/C13H20N4O3.ClH/c1-2-20-13(18)16-10-3-4-11(17-12(10)14)15-7-9-5-6-19-8-9;/h3-4,9H,2,5-8H2,1H3,(H,16,18)(H3,14,15,17);1H. The average Bonchev–Trinajstić information content (AvgIpc) is 2.93. The molecule has 0 saturated carbocycles. The number of hydrogen-bond donors (Lipinski definition) is 3. The first-order valence-corrected chi connectivity index (χ1v) is 6.80. The van der Waals surface area contributed by atoms with Crippen molar-refractivity contribution in [1.82, 2.24) is 4.98 Å². The third-order valence-electron chi connectivity index (χ3n) is 3.14. The highest BCUT2D eigenvalue weighted by atomic mass is 35.5. The van der Waals surface area contributed by atoms with E-state index in [1.165, 1.54) is 0 Å². The van der Waals surface area contributed by atoms with Gasteiger partial charge in [0, 0.05) is 18.6 Å². The first kappa shape index (κ1) is 17.5. The van der Waals surface area contributed by atoms with Gasteiger partial charge in [-0.15, -0.1) is 0 Å². The Balaban J connectivity index is 0.00000220. The zero-order valence-electron chi connectivity index (χ0n) is 12.0. The van der Waals surface area contributed by atoms with Crippen LogP contribution < -0.4 is 28.8 Å². The summed E-state index contributed by atoms with van der Waals surface area (Å²) in [6, 6.07) is 3.56. The number of ether oxygens (including phenoxy) is 2. The molecule has 2 heterocycles. The molecule has 8 heteroatoms. The highest BCUT2D eigenvalue weighted by molar-refractivity contribution is 5.88. The molecule has 1 fully saturated rings. The molecule has 118 valence electrons. The van der Waals surface area contributed by atoms with E-state index < -0.39 is 6.09 Å². The number of carbonyl (C=O) groups is 1. The van der Waals surface area contributed by atoms with E-state index in [0.29, 0.717) is 18.2 Å². The molecule has 1 aromatic heterocycles. The van der Waals surface area contributed by atoms with Crippen molar-refractivity contribution in [1.29, 1.82) is 0 Å². The van der Waals surface area contributed by atoms with Crippen molar-refractivity contribution in [3.05, 3.63) is 12.1 Å². The molecule has 1 unspecified atom stereocenters. The molecule has 1 atom stereocenters. The van der Waals surface area contributed by atoms with Crippen molar-refractivity contribution in [3.8, 4) is 0 Å². The molecule has 1 aliphatic heterocycles. The number of quaternary nitrogens is 1. The Labute approximate surface area is 130 Å². The third-order valence-corrected chi connectivity index (χ3v) is 3.14. The fraction of sp³-hybridized carbons (Fsp3) is 0.538. The zero-order chi connectivity index (χ0) is 14.4. The lowest BCUT2D eigenvalue weighted by molar-refractivity contribution is -0.581. The van der Waals surface area contributed by atoms with Gasteiger partial charge in [0.2, 0.25) is 5.82 Å². The van der Waals surface area contributed by atoms with E-state index in [0.717, 1.165) is 32.0 Å². The number of nitrogens with two attached hydrogens (primary N) is 2. The van der Waals surface area contributed by atoms with Gasteiger partial charge in [0.1, 0.15) is 0 Å². The van der Waals surface area contributed by atoms with Gasteiger partial charge in [-0.2, -0.15) is 4.98 Å². The predicted molar refractivity (Wildman–Crippen MR) is 74.7 cm³/mol. The molecular weight excluding hydrogens is 296 g/mol. The number of aromatic nitrogens is 1. The number of hydrogen-bond acceptors (Lipinski definition) is 5. The van der Waals surface area contributed by atoms with Crippen molar-refractivity contribution >= 4 is 23.4 Å². The summed E-state index contributed by atoms with van der Waals surface area (Å²) >= 11 is 0. The summed E-state index contributed by atoms with van der Waals surface area (Å²) in [6.45, 7) is 4.64. The Morgan fingerprint density at radius 2 is 2.43 bits per heavy atom.